The number of aryl methyl sites for hydroxylation is 1. The third-order valence-electron chi connectivity index (χ3n) is 2.72. The maximum atomic E-state index is 5.95. The van der Waals surface area contributed by atoms with Gasteiger partial charge in [-0.2, -0.15) is 0 Å². The van der Waals surface area contributed by atoms with E-state index in [-0.39, 0.29) is 6.04 Å². The molecule has 2 N–H and O–H groups in total. The molecule has 0 amide bonds. The number of nitrogens with two attached hydrogens (primary N) is 1. The van der Waals surface area contributed by atoms with E-state index in [4.69, 9.17) is 17.3 Å². The van der Waals surface area contributed by atoms with E-state index >= 15 is 0 Å². The molecule has 0 saturated heterocycles. The number of rotatable bonds is 4. The number of benzene rings is 1. The van der Waals surface area contributed by atoms with E-state index in [1.165, 1.54) is 0 Å². The van der Waals surface area contributed by atoms with Crippen LogP contribution >= 0.6 is 23.4 Å². The van der Waals surface area contributed by atoms with Crippen LogP contribution in [0.4, 0.5) is 0 Å². The SMILES string of the molecule is Cc1nc(CSc2cccc(Cl)c2)ncc1C(C)N. The van der Waals surface area contributed by atoms with Crippen LogP contribution in [0.2, 0.25) is 5.02 Å². The number of halogens is 1. The number of hydrogen-bond acceptors (Lipinski definition) is 4. The standard InChI is InChI=1S/C14H16ClN3S/c1-9(16)13-7-17-14(18-10(13)2)8-19-12-5-3-4-11(15)6-12/h3-7,9H,8,16H2,1-2H3. The molecule has 0 radical (unpaired) electrons. The van der Waals surface area contributed by atoms with Crippen LogP contribution in [0.3, 0.4) is 0 Å². The van der Waals surface area contributed by atoms with E-state index in [0.717, 1.165) is 32.8 Å². The Bertz CT molecular complexity index is 572. The summed E-state index contributed by atoms with van der Waals surface area (Å²) in [7, 11) is 0. The summed E-state index contributed by atoms with van der Waals surface area (Å²) in [5.41, 5.74) is 7.79. The fourth-order valence-electron chi connectivity index (χ4n) is 1.75. The van der Waals surface area contributed by atoms with Gasteiger partial charge in [0.1, 0.15) is 5.82 Å². The Balaban J connectivity index is 2.06. The highest BCUT2D eigenvalue weighted by Crippen LogP contribution is 2.24. The van der Waals surface area contributed by atoms with Crippen LogP contribution in [0.15, 0.2) is 35.4 Å². The molecule has 0 aliphatic rings. The molecule has 2 rings (SSSR count). The number of thioether (sulfide) groups is 1. The monoisotopic (exact) mass is 293 g/mol. The highest BCUT2D eigenvalue weighted by atomic mass is 35.5. The summed E-state index contributed by atoms with van der Waals surface area (Å²) in [5, 5.41) is 0.745. The van der Waals surface area contributed by atoms with Crippen LogP contribution in [0.1, 0.15) is 30.0 Å². The lowest BCUT2D eigenvalue weighted by molar-refractivity contribution is 0.781. The molecule has 1 heterocycles. The van der Waals surface area contributed by atoms with Crippen molar-refractivity contribution in [2.45, 2.75) is 30.5 Å². The van der Waals surface area contributed by atoms with Gasteiger partial charge < -0.3 is 5.73 Å². The minimum Gasteiger partial charge on any atom is -0.324 e. The summed E-state index contributed by atoms with van der Waals surface area (Å²) in [5.74, 6) is 1.53. The number of aromatic nitrogens is 2. The molecule has 0 aliphatic heterocycles. The van der Waals surface area contributed by atoms with Gasteiger partial charge in [0.15, 0.2) is 0 Å². The van der Waals surface area contributed by atoms with Crippen molar-refractivity contribution < 1.29 is 0 Å². The second kappa shape index (κ2) is 6.37. The normalized spacial score (nSPS) is 12.4. The molecule has 0 fully saturated rings. The molecule has 2 aromatic rings. The van der Waals surface area contributed by atoms with Crippen LogP contribution in [0, 0.1) is 6.92 Å². The molecule has 0 saturated carbocycles. The fraction of sp³-hybridized carbons (Fsp3) is 0.286. The molecule has 1 aromatic carbocycles. The van der Waals surface area contributed by atoms with E-state index in [1.807, 2.05) is 44.3 Å². The Morgan fingerprint density at radius 2 is 2.21 bits per heavy atom. The predicted octanol–water partition coefficient (Wildman–Crippen LogP) is 3.75. The van der Waals surface area contributed by atoms with Crippen LogP contribution in [0.25, 0.3) is 0 Å². The van der Waals surface area contributed by atoms with E-state index in [2.05, 4.69) is 9.97 Å². The first-order chi connectivity index (χ1) is 9.06. The summed E-state index contributed by atoms with van der Waals surface area (Å²) in [6.07, 6.45) is 1.82. The third kappa shape index (κ3) is 3.93. The number of hydrogen-bond donors (Lipinski definition) is 1. The molecule has 3 nitrogen and oxygen atoms in total. The van der Waals surface area contributed by atoms with E-state index in [9.17, 15) is 0 Å². The third-order valence-corrected chi connectivity index (χ3v) is 3.95. The summed E-state index contributed by atoms with van der Waals surface area (Å²) in [6, 6.07) is 7.74. The largest absolute Gasteiger partial charge is 0.324 e. The first-order valence-corrected chi connectivity index (χ1v) is 7.39. The minimum atomic E-state index is -0.0327. The zero-order valence-corrected chi connectivity index (χ0v) is 12.5. The predicted molar refractivity (Wildman–Crippen MR) is 80.4 cm³/mol. The quantitative estimate of drug-likeness (QED) is 0.872. The molecule has 0 bridgehead atoms. The van der Waals surface area contributed by atoms with Crippen molar-refractivity contribution >= 4 is 23.4 Å². The van der Waals surface area contributed by atoms with Crippen LogP contribution < -0.4 is 5.73 Å². The van der Waals surface area contributed by atoms with Gasteiger partial charge in [-0.1, -0.05) is 17.7 Å². The Kier molecular flexibility index (Phi) is 4.80. The molecule has 1 atom stereocenters. The van der Waals surface area contributed by atoms with Crippen LogP contribution in [-0.4, -0.2) is 9.97 Å². The average molecular weight is 294 g/mol. The van der Waals surface area contributed by atoms with Crippen molar-refractivity contribution in [3.63, 3.8) is 0 Å². The average Bonchev–Trinajstić information content (AvgIpc) is 2.36. The maximum absolute atomic E-state index is 5.95. The smallest absolute Gasteiger partial charge is 0.138 e. The number of nitrogens with zero attached hydrogens (tertiary/aromatic N) is 2. The zero-order chi connectivity index (χ0) is 13.8. The molecule has 1 unspecified atom stereocenters. The highest BCUT2D eigenvalue weighted by molar-refractivity contribution is 7.98. The van der Waals surface area contributed by atoms with Gasteiger partial charge in [-0.3, -0.25) is 0 Å². The summed E-state index contributed by atoms with van der Waals surface area (Å²) in [6.45, 7) is 3.90. The van der Waals surface area contributed by atoms with Crippen molar-refractivity contribution in [3.8, 4) is 0 Å². The van der Waals surface area contributed by atoms with Crippen molar-refractivity contribution in [2.75, 3.05) is 0 Å². The molecule has 0 spiro atoms. The molecule has 100 valence electrons. The fourth-order valence-corrected chi connectivity index (χ4v) is 2.82. The van der Waals surface area contributed by atoms with Gasteiger partial charge in [-0.15, -0.1) is 11.8 Å². The molecular weight excluding hydrogens is 278 g/mol. The second-order valence-electron chi connectivity index (χ2n) is 4.36. The maximum Gasteiger partial charge on any atom is 0.138 e. The minimum absolute atomic E-state index is 0.0327. The Morgan fingerprint density at radius 3 is 2.84 bits per heavy atom. The van der Waals surface area contributed by atoms with Gasteiger partial charge in [0.25, 0.3) is 0 Å². The molecule has 1 aromatic heterocycles. The van der Waals surface area contributed by atoms with Gasteiger partial charge >= 0.3 is 0 Å². The van der Waals surface area contributed by atoms with E-state index < -0.39 is 0 Å². The molecule has 19 heavy (non-hydrogen) atoms. The van der Waals surface area contributed by atoms with E-state index in [1.54, 1.807) is 11.8 Å². The molecule has 0 aliphatic carbocycles. The van der Waals surface area contributed by atoms with Crippen molar-refractivity contribution in [1.82, 2.24) is 9.97 Å². The summed E-state index contributed by atoms with van der Waals surface area (Å²) in [4.78, 5) is 9.96. The van der Waals surface area contributed by atoms with Crippen molar-refractivity contribution in [2.24, 2.45) is 5.73 Å². The van der Waals surface area contributed by atoms with E-state index in [0.29, 0.717) is 0 Å². The lowest BCUT2D eigenvalue weighted by Gasteiger charge is -2.09. The van der Waals surface area contributed by atoms with Crippen molar-refractivity contribution in [1.29, 1.82) is 0 Å². The van der Waals surface area contributed by atoms with Crippen LogP contribution in [0.5, 0.6) is 0 Å². The molecule has 5 heteroatoms. The Morgan fingerprint density at radius 1 is 1.42 bits per heavy atom. The molecular formula is C14H16ClN3S. The van der Waals surface area contributed by atoms with Crippen LogP contribution in [-0.2, 0) is 5.75 Å². The first kappa shape index (κ1) is 14.3. The Labute approximate surface area is 122 Å². The van der Waals surface area contributed by atoms with Gasteiger partial charge in [0.05, 0.1) is 5.75 Å². The second-order valence-corrected chi connectivity index (χ2v) is 5.85. The van der Waals surface area contributed by atoms with Gasteiger partial charge in [0, 0.05) is 33.4 Å². The summed E-state index contributed by atoms with van der Waals surface area (Å²) >= 11 is 7.62. The lowest BCUT2D eigenvalue weighted by atomic mass is 10.1. The topological polar surface area (TPSA) is 51.8 Å². The van der Waals surface area contributed by atoms with Gasteiger partial charge in [-0.05, 0) is 32.0 Å². The summed E-state index contributed by atoms with van der Waals surface area (Å²) < 4.78 is 0. The zero-order valence-electron chi connectivity index (χ0n) is 10.9. The lowest BCUT2D eigenvalue weighted by Crippen LogP contribution is -2.10. The van der Waals surface area contributed by atoms with Gasteiger partial charge in [-0.25, -0.2) is 9.97 Å². The Hall–Kier alpha value is -1.10. The van der Waals surface area contributed by atoms with Crippen molar-refractivity contribution in [3.05, 3.63) is 52.6 Å². The highest BCUT2D eigenvalue weighted by Gasteiger charge is 2.07. The van der Waals surface area contributed by atoms with Gasteiger partial charge in [0.2, 0.25) is 0 Å². The first-order valence-electron chi connectivity index (χ1n) is 6.02.